The molecule has 2 heterocycles. The SMILES string of the molecule is C=C(N/C(=C\N)c1ncc(Br)s1)[C@@H]1CCCN1C(=O)OC(C)(C)C. The number of aromatic nitrogens is 1. The van der Waals surface area contributed by atoms with Gasteiger partial charge < -0.3 is 15.8 Å². The lowest BCUT2D eigenvalue weighted by molar-refractivity contribution is 0.0247. The minimum Gasteiger partial charge on any atom is -0.444 e. The van der Waals surface area contributed by atoms with Crippen molar-refractivity contribution in [3.8, 4) is 0 Å². The Morgan fingerprint density at radius 2 is 2.33 bits per heavy atom. The van der Waals surface area contributed by atoms with Gasteiger partial charge in [0.05, 0.1) is 21.7 Å². The number of nitrogens with two attached hydrogens (primary N) is 1. The van der Waals surface area contributed by atoms with E-state index in [0.29, 0.717) is 17.9 Å². The molecule has 1 aromatic heterocycles. The van der Waals surface area contributed by atoms with Gasteiger partial charge in [-0.1, -0.05) is 6.58 Å². The molecule has 0 spiro atoms. The predicted octanol–water partition coefficient (Wildman–Crippen LogP) is 3.67. The number of halogens is 1. The number of hydrogen-bond donors (Lipinski definition) is 2. The molecule has 1 fully saturated rings. The highest BCUT2D eigenvalue weighted by atomic mass is 79.9. The van der Waals surface area contributed by atoms with Crippen LogP contribution >= 0.6 is 27.3 Å². The standard InChI is InChI=1S/C16H23BrN4O2S/c1-10(20-11(8-18)14-19-9-13(17)24-14)12-6-5-7-21(12)15(22)23-16(2,3)4/h8-9,12,20H,1,5-7,18H2,2-4H3/b11-8-/t12-/m0/s1. The minimum atomic E-state index is -0.519. The third-order valence-electron chi connectivity index (χ3n) is 3.45. The van der Waals surface area contributed by atoms with Crippen molar-refractivity contribution in [2.75, 3.05) is 6.54 Å². The van der Waals surface area contributed by atoms with Crippen molar-refractivity contribution in [3.05, 3.63) is 33.5 Å². The molecular formula is C16H23BrN4O2S. The molecule has 0 aromatic carbocycles. The van der Waals surface area contributed by atoms with Crippen molar-refractivity contribution in [2.45, 2.75) is 45.3 Å². The van der Waals surface area contributed by atoms with Crippen LogP contribution in [0.4, 0.5) is 4.79 Å². The number of likely N-dealkylation sites (tertiary alicyclic amines) is 1. The molecule has 1 saturated heterocycles. The zero-order chi connectivity index (χ0) is 17.9. The van der Waals surface area contributed by atoms with E-state index in [2.05, 4.69) is 32.8 Å². The number of thiazole rings is 1. The summed E-state index contributed by atoms with van der Waals surface area (Å²) < 4.78 is 6.40. The van der Waals surface area contributed by atoms with Gasteiger partial charge >= 0.3 is 6.09 Å². The van der Waals surface area contributed by atoms with Crippen molar-refractivity contribution in [2.24, 2.45) is 5.73 Å². The monoisotopic (exact) mass is 414 g/mol. The fourth-order valence-corrected chi connectivity index (χ4v) is 3.66. The summed E-state index contributed by atoms with van der Waals surface area (Å²) in [4.78, 5) is 18.4. The van der Waals surface area contributed by atoms with Gasteiger partial charge in [-0.25, -0.2) is 9.78 Å². The third-order valence-corrected chi connectivity index (χ3v) is 4.96. The van der Waals surface area contributed by atoms with Crippen molar-refractivity contribution in [1.82, 2.24) is 15.2 Å². The van der Waals surface area contributed by atoms with Crippen LogP contribution in [0, 0.1) is 0 Å². The molecule has 24 heavy (non-hydrogen) atoms. The lowest BCUT2D eigenvalue weighted by Gasteiger charge is -2.30. The number of nitrogens with zero attached hydrogens (tertiary/aromatic N) is 2. The lowest BCUT2D eigenvalue weighted by Crippen LogP contribution is -2.42. The summed E-state index contributed by atoms with van der Waals surface area (Å²) in [7, 11) is 0. The van der Waals surface area contributed by atoms with E-state index in [0.717, 1.165) is 21.6 Å². The maximum Gasteiger partial charge on any atom is 0.410 e. The van der Waals surface area contributed by atoms with Gasteiger partial charge in [0.25, 0.3) is 0 Å². The second-order valence-electron chi connectivity index (χ2n) is 6.53. The van der Waals surface area contributed by atoms with Crippen molar-refractivity contribution in [3.63, 3.8) is 0 Å². The van der Waals surface area contributed by atoms with E-state index in [-0.39, 0.29) is 12.1 Å². The zero-order valence-electron chi connectivity index (χ0n) is 14.1. The third kappa shape index (κ3) is 4.73. The van der Waals surface area contributed by atoms with Gasteiger partial charge in [0.1, 0.15) is 10.6 Å². The lowest BCUT2D eigenvalue weighted by atomic mass is 10.1. The average Bonchev–Trinajstić information content (AvgIpc) is 3.11. The van der Waals surface area contributed by atoms with Crippen LogP contribution in [0.3, 0.4) is 0 Å². The number of nitrogens with one attached hydrogen (secondary N) is 1. The van der Waals surface area contributed by atoms with Gasteiger partial charge in [-0.05, 0) is 49.5 Å². The van der Waals surface area contributed by atoms with E-state index < -0.39 is 5.60 Å². The molecule has 0 bridgehead atoms. The van der Waals surface area contributed by atoms with Crippen LogP contribution in [-0.2, 0) is 4.74 Å². The molecule has 6 nitrogen and oxygen atoms in total. The summed E-state index contributed by atoms with van der Waals surface area (Å²) in [6.07, 6.45) is 4.61. The summed E-state index contributed by atoms with van der Waals surface area (Å²) in [6.45, 7) is 10.3. The fourth-order valence-electron chi connectivity index (χ4n) is 2.47. The molecule has 0 unspecified atom stereocenters. The molecule has 1 atom stereocenters. The Hall–Kier alpha value is -1.54. The first-order valence-electron chi connectivity index (χ1n) is 7.70. The Labute approximate surface area is 154 Å². The van der Waals surface area contributed by atoms with Crippen LogP contribution in [0.15, 0.2) is 28.5 Å². The van der Waals surface area contributed by atoms with E-state index in [1.807, 2.05) is 20.8 Å². The van der Waals surface area contributed by atoms with Gasteiger partial charge in [0.15, 0.2) is 0 Å². The molecule has 2 rings (SSSR count). The van der Waals surface area contributed by atoms with E-state index in [1.165, 1.54) is 17.5 Å². The summed E-state index contributed by atoms with van der Waals surface area (Å²) in [6, 6.07) is -0.127. The first-order valence-corrected chi connectivity index (χ1v) is 9.31. The zero-order valence-corrected chi connectivity index (χ0v) is 16.5. The molecule has 3 N–H and O–H groups in total. The van der Waals surface area contributed by atoms with Crippen LogP contribution in [-0.4, -0.2) is 34.2 Å². The molecule has 1 aliphatic rings. The normalized spacial score (nSPS) is 18.6. The van der Waals surface area contributed by atoms with Crippen LogP contribution in [0.1, 0.15) is 38.6 Å². The van der Waals surface area contributed by atoms with Crippen molar-refractivity contribution < 1.29 is 9.53 Å². The summed E-state index contributed by atoms with van der Waals surface area (Å²) in [5.41, 5.74) is 6.58. The predicted molar refractivity (Wildman–Crippen MR) is 100 cm³/mol. The van der Waals surface area contributed by atoms with Gasteiger partial charge in [0.2, 0.25) is 0 Å². The molecule has 8 heteroatoms. The van der Waals surface area contributed by atoms with E-state index in [4.69, 9.17) is 10.5 Å². The molecule has 1 aliphatic heterocycles. The first-order chi connectivity index (χ1) is 11.2. The molecule has 132 valence electrons. The minimum absolute atomic E-state index is 0.127. The number of amides is 1. The van der Waals surface area contributed by atoms with E-state index in [9.17, 15) is 4.79 Å². The second-order valence-corrected chi connectivity index (χ2v) is 8.94. The number of carbonyl (C=O) groups is 1. The highest BCUT2D eigenvalue weighted by Gasteiger charge is 2.34. The fraction of sp³-hybridized carbons (Fsp3) is 0.500. The highest BCUT2D eigenvalue weighted by molar-refractivity contribution is 9.11. The molecule has 0 radical (unpaired) electrons. The Morgan fingerprint density at radius 1 is 1.62 bits per heavy atom. The highest BCUT2D eigenvalue weighted by Crippen LogP contribution is 2.27. The Bertz CT molecular complexity index is 651. The Balaban J connectivity index is 2.06. The van der Waals surface area contributed by atoms with E-state index >= 15 is 0 Å². The number of carbonyl (C=O) groups excluding carboxylic acids is 1. The summed E-state index contributed by atoms with van der Waals surface area (Å²) in [5.74, 6) is 0. The molecule has 0 saturated carbocycles. The smallest absolute Gasteiger partial charge is 0.410 e. The quantitative estimate of drug-likeness (QED) is 0.785. The number of rotatable bonds is 4. The van der Waals surface area contributed by atoms with Gasteiger partial charge in [-0.3, -0.25) is 4.90 Å². The van der Waals surface area contributed by atoms with Crippen LogP contribution < -0.4 is 11.1 Å². The average molecular weight is 415 g/mol. The number of hydrogen-bond acceptors (Lipinski definition) is 6. The maximum absolute atomic E-state index is 12.4. The molecule has 0 aliphatic carbocycles. The topological polar surface area (TPSA) is 80.5 Å². The summed E-state index contributed by atoms with van der Waals surface area (Å²) >= 11 is 4.86. The van der Waals surface area contributed by atoms with Crippen LogP contribution in [0.25, 0.3) is 5.70 Å². The van der Waals surface area contributed by atoms with Gasteiger partial charge in [-0.2, -0.15) is 0 Å². The second kappa shape index (κ2) is 7.57. The number of ether oxygens (including phenoxy) is 1. The Morgan fingerprint density at radius 3 is 2.88 bits per heavy atom. The summed E-state index contributed by atoms with van der Waals surface area (Å²) in [5, 5.41) is 3.96. The van der Waals surface area contributed by atoms with Gasteiger partial charge in [0, 0.05) is 18.4 Å². The largest absolute Gasteiger partial charge is 0.444 e. The van der Waals surface area contributed by atoms with E-state index in [1.54, 1.807) is 11.1 Å². The molecule has 1 aromatic rings. The molecular weight excluding hydrogens is 392 g/mol. The molecule has 1 amide bonds. The maximum atomic E-state index is 12.4. The van der Waals surface area contributed by atoms with Crippen LogP contribution in [0.2, 0.25) is 0 Å². The van der Waals surface area contributed by atoms with Crippen LogP contribution in [0.5, 0.6) is 0 Å². The van der Waals surface area contributed by atoms with Crippen molar-refractivity contribution >= 4 is 39.1 Å². The Kier molecular flexibility index (Phi) is 5.92. The van der Waals surface area contributed by atoms with Crippen molar-refractivity contribution in [1.29, 1.82) is 0 Å². The van der Waals surface area contributed by atoms with Gasteiger partial charge in [-0.15, -0.1) is 11.3 Å². The first kappa shape index (κ1) is 18.8.